The summed E-state index contributed by atoms with van der Waals surface area (Å²) in [5, 5.41) is 24.0. The maximum absolute atomic E-state index is 12.5. The van der Waals surface area contributed by atoms with Crippen LogP contribution in [0.25, 0.3) is 0 Å². The van der Waals surface area contributed by atoms with Gasteiger partial charge in [-0.25, -0.2) is 8.42 Å². The van der Waals surface area contributed by atoms with Gasteiger partial charge in [0.15, 0.2) is 0 Å². The van der Waals surface area contributed by atoms with Crippen molar-refractivity contribution in [2.24, 2.45) is 0 Å². The third kappa shape index (κ3) is 4.18. The van der Waals surface area contributed by atoms with Crippen LogP contribution in [-0.4, -0.2) is 19.4 Å². The zero-order valence-electron chi connectivity index (χ0n) is 13.9. The molecule has 0 aliphatic carbocycles. The van der Waals surface area contributed by atoms with E-state index in [-0.39, 0.29) is 27.6 Å². The molecule has 0 atom stereocenters. The maximum Gasteiger partial charge on any atom is 0.261 e. The van der Waals surface area contributed by atoms with Crippen LogP contribution in [0, 0.1) is 0 Å². The molecule has 0 saturated heterocycles. The van der Waals surface area contributed by atoms with Gasteiger partial charge in [0.05, 0.1) is 10.6 Å². The van der Waals surface area contributed by atoms with Crippen LogP contribution in [0.3, 0.4) is 0 Å². The predicted molar refractivity (Wildman–Crippen MR) is 99.2 cm³/mol. The van der Waals surface area contributed by atoms with Gasteiger partial charge in [-0.2, -0.15) is 0 Å². The van der Waals surface area contributed by atoms with Gasteiger partial charge in [-0.1, -0.05) is 42.1 Å². The lowest BCUT2D eigenvalue weighted by molar-refractivity contribution is -0.267. The van der Waals surface area contributed by atoms with E-state index in [0.717, 1.165) is 0 Å². The highest BCUT2D eigenvalue weighted by Crippen LogP contribution is 2.25. The molecule has 3 aromatic rings. The second-order valence-electron chi connectivity index (χ2n) is 5.60. The summed E-state index contributed by atoms with van der Waals surface area (Å²) in [5.41, 5.74) is 0.201. The summed E-state index contributed by atoms with van der Waals surface area (Å²) < 4.78 is 27.3. The molecule has 0 heterocycles. The topological polar surface area (TPSA) is 119 Å². The summed E-state index contributed by atoms with van der Waals surface area (Å²) in [7, 11) is -4.05. The number of aromatic hydroxyl groups is 1. The minimum Gasteiger partial charge on any atom is -0.871 e. The molecule has 0 saturated carbocycles. The van der Waals surface area contributed by atoms with E-state index in [1.54, 1.807) is 12.1 Å². The van der Waals surface area contributed by atoms with Gasteiger partial charge in [0.1, 0.15) is 5.75 Å². The molecule has 0 aliphatic rings. The van der Waals surface area contributed by atoms with Gasteiger partial charge in [0.25, 0.3) is 15.9 Å². The predicted octanol–water partition coefficient (Wildman–Crippen LogP) is 2.52. The fraction of sp³-hybridized carbons (Fsp3) is 0. The number of carbonyl (C=O) groups excluding carboxylic acids is 1. The number of benzene rings is 3. The molecule has 138 valence electrons. The van der Waals surface area contributed by atoms with Crippen molar-refractivity contribution in [2.45, 2.75) is 4.90 Å². The summed E-state index contributed by atoms with van der Waals surface area (Å²) in [4.78, 5) is 12.2. The normalized spacial score (nSPS) is 11.0. The Morgan fingerprint density at radius 2 is 1.56 bits per heavy atom. The van der Waals surface area contributed by atoms with Crippen molar-refractivity contribution in [3.63, 3.8) is 0 Å². The van der Waals surface area contributed by atoms with Crippen LogP contribution in [0.4, 0.5) is 11.4 Å². The summed E-state index contributed by atoms with van der Waals surface area (Å²) in [6.07, 6.45) is 0. The highest BCUT2D eigenvalue weighted by atomic mass is 32.2. The van der Waals surface area contributed by atoms with Crippen molar-refractivity contribution < 1.29 is 23.4 Å². The smallest absolute Gasteiger partial charge is 0.261 e. The summed E-state index contributed by atoms with van der Waals surface area (Å²) in [5.74, 6) is -1.16. The lowest BCUT2D eigenvalue weighted by atomic mass is 10.2. The van der Waals surface area contributed by atoms with Crippen LogP contribution in [0.2, 0.25) is 0 Å². The van der Waals surface area contributed by atoms with Crippen LogP contribution >= 0.6 is 0 Å². The molecule has 0 fully saturated rings. The Bertz CT molecular complexity index is 1100. The highest BCUT2D eigenvalue weighted by Gasteiger charge is 2.17. The number of rotatable bonds is 5. The molecule has 1 amide bonds. The first-order valence-electron chi connectivity index (χ1n) is 7.85. The van der Waals surface area contributed by atoms with Crippen molar-refractivity contribution in [3.8, 4) is 11.5 Å². The summed E-state index contributed by atoms with van der Waals surface area (Å²) >= 11 is 0. The van der Waals surface area contributed by atoms with E-state index in [9.17, 15) is 23.4 Å². The molecule has 7 nitrogen and oxygen atoms in total. The third-order valence-electron chi connectivity index (χ3n) is 3.69. The van der Waals surface area contributed by atoms with Crippen molar-refractivity contribution in [1.82, 2.24) is 0 Å². The molecule has 8 heteroatoms. The number of nitrogens with one attached hydrogen (secondary N) is 2. The fourth-order valence-corrected chi connectivity index (χ4v) is 3.45. The van der Waals surface area contributed by atoms with Gasteiger partial charge in [-0.05, 0) is 36.4 Å². The molecule has 0 spiro atoms. The zero-order chi connectivity index (χ0) is 19.4. The Morgan fingerprint density at radius 1 is 0.889 bits per heavy atom. The fourth-order valence-electron chi connectivity index (χ4n) is 2.33. The van der Waals surface area contributed by atoms with Crippen molar-refractivity contribution >= 4 is 27.3 Å². The van der Waals surface area contributed by atoms with Crippen molar-refractivity contribution in [3.05, 3.63) is 78.4 Å². The van der Waals surface area contributed by atoms with Gasteiger partial charge in [0.2, 0.25) is 0 Å². The number of hydrogen-bond donors (Lipinski definition) is 3. The minimum atomic E-state index is -4.05. The van der Waals surface area contributed by atoms with E-state index in [1.165, 1.54) is 60.7 Å². The Balaban J connectivity index is 1.85. The second-order valence-corrected chi connectivity index (χ2v) is 7.28. The zero-order valence-corrected chi connectivity index (χ0v) is 14.7. The SMILES string of the molecule is O=C(Nc1ccccc1O)c1cccc(S(=O)(=O)Nc2ccccc2[O-])c1. The Morgan fingerprint density at radius 3 is 2.26 bits per heavy atom. The molecule has 0 radical (unpaired) electrons. The van der Waals surface area contributed by atoms with E-state index >= 15 is 0 Å². The van der Waals surface area contributed by atoms with Crippen molar-refractivity contribution in [2.75, 3.05) is 10.0 Å². The summed E-state index contributed by atoms with van der Waals surface area (Å²) in [6, 6.07) is 17.2. The Labute approximate surface area is 156 Å². The van der Waals surface area contributed by atoms with E-state index in [4.69, 9.17) is 0 Å². The van der Waals surface area contributed by atoms with Gasteiger partial charge in [-0.15, -0.1) is 0 Å². The van der Waals surface area contributed by atoms with Gasteiger partial charge >= 0.3 is 0 Å². The Hall–Kier alpha value is -3.52. The number of phenolic OH excluding ortho intramolecular Hbond substituents is 1. The first-order valence-corrected chi connectivity index (χ1v) is 9.33. The first kappa shape index (κ1) is 18.3. The molecule has 3 rings (SSSR count). The van der Waals surface area contributed by atoms with Crippen LogP contribution in [0.15, 0.2) is 77.7 Å². The number of para-hydroxylation sites is 4. The molecule has 3 aromatic carbocycles. The number of anilines is 2. The van der Waals surface area contributed by atoms with E-state index < -0.39 is 21.7 Å². The molecule has 3 N–H and O–H groups in total. The molecule has 27 heavy (non-hydrogen) atoms. The first-order chi connectivity index (χ1) is 12.9. The molecule has 0 unspecified atom stereocenters. The third-order valence-corrected chi connectivity index (χ3v) is 5.05. The average Bonchev–Trinajstić information content (AvgIpc) is 2.65. The minimum absolute atomic E-state index is 0.0801. The quantitative estimate of drug-likeness (QED) is 0.585. The molecular weight excluding hydrogens is 368 g/mol. The molecule has 0 bridgehead atoms. The van der Waals surface area contributed by atoms with Gasteiger partial charge in [-0.3, -0.25) is 9.52 Å². The lowest BCUT2D eigenvalue weighted by Gasteiger charge is -2.15. The van der Waals surface area contributed by atoms with Crippen LogP contribution in [-0.2, 0) is 10.0 Å². The standard InChI is InChI=1S/C19H16N2O5S/c22-17-10-3-1-8-15(17)20-19(24)13-6-5-7-14(12-13)27(25,26)21-16-9-2-4-11-18(16)23/h1-12,21-23H,(H,20,24)/p-1. The van der Waals surface area contributed by atoms with Crippen LogP contribution in [0.5, 0.6) is 11.5 Å². The van der Waals surface area contributed by atoms with Crippen molar-refractivity contribution in [1.29, 1.82) is 0 Å². The summed E-state index contributed by atoms with van der Waals surface area (Å²) in [6.45, 7) is 0. The lowest BCUT2D eigenvalue weighted by Crippen LogP contribution is -2.16. The number of amides is 1. The van der Waals surface area contributed by atoms with E-state index in [1.807, 2.05) is 0 Å². The average molecular weight is 383 g/mol. The van der Waals surface area contributed by atoms with E-state index in [2.05, 4.69) is 10.0 Å². The molecule has 0 aromatic heterocycles. The number of sulfonamides is 1. The number of phenols is 1. The molecule has 0 aliphatic heterocycles. The Kier molecular flexibility index (Phi) is 5.00. The highest BCUT2D eigenvalue weighted by molar-refractivity contribution is 7.92. The second kappa shape index (κ2) is 7.38. The van der Waals surface area contributed by atoms with Crippen LogP contribution in [0.1, 0.15) is 10.4 Å². The number of hydrogen-bond acceptors (Lipinski definition) is 5. The van der Waals surface area contributed by atoms with Gasteiger partial charge in [0, 0.05) is 11.3 Å². The largest absolute Gasteiger partial charge is 0.871 e. The number of carbonyl (C=O) groups is 1. The monoisotopic (exact) mass is 383 g/mol. The van der Waals surface area contributed by atoms with Gasteiger partial charge < -0.3 is 15.5 Å². The molecular formula is C19H15N2O5S-. The van der Waals surface area contributed by atoms with Crippen LogP contribution < -0.4 is 15.1 Å². The maximum atomic E-state index is 12.5. The van der Waals surface area contributed by atoms with E-state index in [0.29, 0.717) is 0 Å².